The van der Waals surface area contributed by atoms with Gasteiger partial charge in [-0.1, -0.05) is 42.5 Å². The van der Waals surface area contributed by atoms with Crippen LogP contribution in [-0.4, -0.2) is 17.7 Å². The Hall–Kier alpha value is -7.27. The second-order valence-corrected chi connectivity index (χ2v) is 14.1. The van der Waals surface area contributed by atoms with Gasteiger partial charge in [0.05, 0.1) is 0 Å². The van der Waals surface area contributed by atoms with E-state index >= 15 is 35.1 Å². The van der Waals surface area contributed by atoms with Crippen LogP contribution in [0.1, 0.15) is 27.6 Å². The van der Waals surface area contributed by atoms with Crippen molar-refractivity contribution >= 4 is 50.3 Å². The lowest BCUT2D eigenvalue weighted by molar-refractivity contribution is -0.681. The number of ketones is 2. The van der Waals surface area contributed by atoms with E-state index in [1.54, 1.807) is 24.3 Å². The largest absolute Gasteiger partial charge is 0.295 e. The first-order valence-corrected chi connectivity index (χ1v) is 18.1. The summed E-state index contributed by atoms with van der Waals surface area (Å²) in [5, 5.41) is 2.25. The molecule has 0 saturated carbocycles. The molecule has 0 radical (unpaired) electrons. The SMILES string of the molecule is CC(=O)c1ccc(C(=O)C[n+]2ccc3ccccc3c2)cc1.Fc1c(F)c(F)c([B-](c2c(F)c(F)c(F)c(F)c2F)(c2c(F)c(F)c(F)c(F)c2F)c2c(F)c(F)c(F)c(F)c2F)c(F)c1F. The number of hydrogen-bond donors (Lipinski definition) is 0. The Bertz CT molecular complexity index is 2840. The van der Waals surface area contributed by atoms with Crippen LogP contribution < -0.4 is 26.4 Å². The van der Waals surface area contributed by atoms with Gasteiger partial charge in [0.2, 0.25) is 12.3 Å². The van der Waals surface area contributed by atoms with Crippen LogP contribution in [0.25, 0.3) is 10.8 Å². The second kappa shape index (κ2) is 18.2. The van der Waals surface area contributed by atoms with Crippen molar-refractivity contribution in [2.45, 2.75) is 13.5 Å². The molecular weight excluding hydrogens is 953 g/mol. The highest BCUT2D eigenvalue weighted by molar-refractivity contribution is 7.20. The third-order valence-electron chi connectivity index (χ3n) is 10.4. The zero-order valence-electron chi connectivity index (χ0n) is 32.5. The number of hydrogen-bond acceptors (Lipinski definition) is 2. The zero-order chi connectivity index (χ0) is 49.9. The number of carbonyl (C=O) groups excluding carboxylic acids is 2. The van der Waals surface area contributed by atoms with E-state index in [1.807, 2.05) is 47.3 Å². The number of benzene rings is 6. The molecule has 0 amide bonds. The molecule has 0 spiro atoms. The monoisotopic (exact) mass is 969 g/mol. The van der Waals surface area contributed by atoms with Crippen LogP contribution >= 0.6 is 0 Å². The highest BCUT2D eigenvalue weighted by Gasteiger charge is 2.52. The summed E-state index contributed by atoms with van der Waals surface area (Å²) in [7, 11) is 0. The van der Waals surface area contributed by atoms with Crippen LogP contribution in [0.5, 0.6) is 0 Å². The van der Waals surface area contributed by atoms with Crippen molar-refractivity contribution in [3.05, 3.63) is 194 Å². The number of rotatable bonds is 8. The first kappa shape index (κ1) is 49.2. The van der Waals surface area contributed by atoms with E-state index in [1.165, 1.54) is 6.92 Å². The molecule has 0 aliphatic carbocycles. The molecule has 0 fully saturated rings. The summed E-state index contributed by atoms with van der Waals surface area (Å²) >= 11 is 0. The minimum atomic E-state index is -7.22. The van der Waals surface area contributed by atoms with E-state index in [-0.39, 0.29) is 18.1 Å². The quantitative estimate of drug-likeness (QED) is 0.0381. The minimum Gasteiger partial charge on any atom is -0.295 e. The van der Waals surface area contributed by atoms with Crippen molar-refractivity contribution in [1.82, 2.24) is 0 Å². The van der Waals surface area contributed by atoms with E-state index in [2.05, 4.69) is 0 Å². The average molecular weight is 969 g/mol. The molecule has 0 aliphatic heterocycles. The molecule has 0 unspecified atom stereocenters. The Morgan fingerprint density at radius 1 is 0.373 bits per heavy atom. The molecular formula is C43H16BF20NO2. The maximum Gasteiger partial charge on any atom is 0.227 e. The molecule has 1 heterocycles. The van der Waals surface area contributed by atoms with Gasteiger partial charge in [0.15, 0.2) is 88.0 Å². The number of fused-ring (bicyclic) bond motifs is 1. The molecule has 7 aromatic rings. The second-order valence-electron chi connectivity index (χ2n) is 14.1. The van der Waals surface area contributed by atoms with E-state index in [4.69, 9.17) is 0 Å². The molecule has 348 valence electrons. The van der Waals surface area contributed by atoms with Gasteiger partial charge in [0.25, 0.3) is 0 Å². The van der Waals surface area contributed by atoms with Crippen molar-refractivity contribution in [3.8, 4) is 0 Å². The van der Waals surface area contributed by atoms with Gasteiger partial charge in [-0.25, -0.2) is 87.8 Å². The van der Waals surface area contributed by atoms with E-state index in [0.29, 0.717) is 11.1 Å². The Morgan fingerprint density at radius 3 is 0.940 bits per heavy atom. The lowest BCUT2D eigenvalue weighted by Crippen LogP contribution is -2.81. The van der Waals surface area contributed by atoms with Gasteiger partial charge in [0.1, 0.15) is 52.7 Å². The molecule has 67 heavy (non-hydrogen) atoms. The number of halogens is 20. The van der Waals surface area contributed by atoms with Crippen LogP contribution in [0.15, 0.2) is 67.0 Å². The number of carbonyl (C=O) groups is 2. The van der Waals surface area contributed by atoms with Crippen LogP contribution in [0.3, 0.4) is 0 Å². The van der Waals surface area contributed by atoms with Crippen LogP contribution in [0.4, 0.5) is 87.8 Å². The number of aromatic nitrogens is 1. The maximum absolute atomic E-state index is 15.4. The Balaban J connectivity index is 0.000000279. The fraction of sp³-hybridized carbons (Fsp3) is 0.0465. The van der Waals surface area contributed by atoms with Gasteiger partial charge in [-0.3, -0.25) is 9.59 Å². The molecule has 24 heteroatoms. The highest BCUT2D eigenvalue weighted by Crippen LogP contribution is 2.31. The molecule has 0 bridgehead atoms. The molecule has 0 saturated heterocycles. The smallest absolute Gasteiger partial charge is 0.227 e. The first-order chi connectivity index (χ1) is 31.3. The third-order valence-corrected chi connectivity index (χ3v) is 10.4. The van der Waals surface area contributed by atoms with Crippen molar-refractivity contribution in [2.75, 3.05) is 0 Å². The zero-order valence-corrected chi connectivity index (χ0v) is 32.5. The minimum absolute atomic E-state index is 0.00269. The van der Waals surface area contributed by atoms with Crippen LogP contribution in [-0.2, 0) is 6.54 Å². The fourth-order valence-corrected chi connectivity index (χ4v) is 7.30. The van der Waals surface area contributed by atoms with Crippen LogP contribution in [0, 0.1) is 116 Å². The summed E-state index contributed by atoms with van der Waals surface area (Å²) in [5.41, 5.74) is -13.1. The third kappa shape index (κ3) is 7.90. The van der Waals surface area contributed by atoms with Gasteiger partial charge < -0.3 is 0 Å². The molecule has 1 aromatic heterocycles. The Labute approximate surface area is 360 Å². The first-order valence-electron chi connectivity index (χ1n) is 18.1. The summed E-state index contributed by atoms with van der Waals surface area (Å²) in [6.07, 6.45) is -3.34. The summed E-state index contributed by atoms with van der Waals surface area (Å²) in [4.78, 5) is 23.6. The lowest BCUT2D eigenvalue weighted by Gasteiger charge is -2.44. The summed E-state index contributed by atoms with van der Waals surface area (Å²) in [5.74, 6) is -71.4. The van der Waals surface area contributed by atoms with Gasteiger partial charge in [-0.15, -0.1) is 21.9 Å². The molecule has 7 rings (SSSR count). The summed E-state index contributed by atoms with van der Waals surface area (Å²) in [6.45, 7) is 1.80. The van der Waals surface area contributed by atoms with Gasteiger partial charge in [-0.05, 0) is 18.4 Å². The normalized spacial score (nSPS) is 11.5. The average Bonchev–Trinajstić information content (AvgIpc) is 3.31. The molecule has 3 nitrogen and oxygen atoms in total. The van der Waals surface area contributed by atoms with Crippen molar-refractivity contribution in [3.63, 3.8) is 0 Å². The number of nitrogens with zero attached hydrogens (tertiary/aromatic N) is 1. The fourth-order valence-electron chi connectivity index (χ4n) is 7.30. The standard InChI is InChI=1S/C24BF20.C19H16NO2/c26-5-1(6(27)14(35)21(42)13(5)34)25(2-7(28)15(36)22(43)16(37)8(2)29,3-9(30)17(38)23(44)18(39)10(3)31)4-11(32)19(40)24(45)20(41)12(4)33;1-14(21)15-6-8-17(9-7-15)19(22)13-20-11-10-16-4-2-3-5-18(16)12-20/h;2-12H,13H2,1H3/q-1;+1. The van der Waals surface area contributed by atoms with E-state index in [0.717, 1.165) is 10.8 Å². The molecule has 6 aromatic carbocycles. The van der Waals surface area contributed by atoms with Crippen molar-refractivity contribution in [1.29, 1.82) is 0 Å². The Kier molecular flexibility index (Phi) is 13.4. The molecule has 0 N–H and O–H groups in total. The van der Waals surface area contributed by atoms with E-state index in [9.17, 15) is 62.3 Å². The number of pyridine rings is 1. The maximum atomic E-state index is 15.4. The Morgan fingerprint density at radius 2 is 0.642 bits per heavy atom. The van der Waals surface area contributed by atoms with Gasteiger partial charge in [-0.2, -0.15) is 4.57 Å². The molecule has 0 aliphatic rings. The van der Waals surface area contributed by atoms with E-state index < -0.39 is 144 Å². The topological polar surface area (TPSA) is 38.0 Å². The predicted molar refractivity (Wildman–Crippen MR) is 194 cm³/mol. The lowest BCUT2D eigenvalue weighted by atomic mass is 9.12. The summed E-state index contributed by atoms with van der Waals surface area (Å²) in [6, 6.07) is 16.9. The van der Waals surface area contributed by atoms with Crippen molar-refractivity contribution in [2.24, 2.45) is 0 Å². The van der Waals surface area contributed by atoms with Crippen LogP contribution in [0.2, 0.25) is 0 Å². The predicted octanol–water partition coefficient (Wildman–Crippen LogP) is 9.06. The summed E-state index contributed by atoms with van der Waals surface area (Å²) < 4.78 is 296. The van der Waals surface area contributed by atoms with Crippen molar-refractivity contribution < 1.29 is 102 Å². The van der Waals surface area contributed by atoms with Gasteiger partial charge >= 0.3 is 0 Å². The molecule has 0 atom stereocenters. The van der Waals surface area contributed by atoms with Gasteiger partial charge in [0, 0.05) is 22.6 Å². The highest BCUT2D eigenvalue weighted by atomic mass is 19.2. The number of Topliss-reactive ketones (excluding diaryl/α,β-unsaturated/α-hetero) is 2.